The van der Waals surface area contributed by atoms with E-state index in [0.717, 1.165) is 34.6 Å². The van der Waals surface area contributed by atoms with E-state index in [-0.39, 0.29) is 18.9 Å². The Morgan fingerprint density at radius 3 is 2.46 bits per heavy atom. The van der Waals surface area contributed by atoms with E-state index < -0.39 is 17.3 Å². The molecule has 0 spiro atoms. The summed E-state index contributed by atoms with van der Waals surface area (Å²) in [4.78, 5) is 24.1. The van der Waals surface area contributed by atoms with Crippen LogP contribution in [0.2, 0.25) is 0 Å². The van der Waals surface area contributed by atoms with Crippen molar-refractivity contribution in [2.75, 3.05) is 0 Å². The molecule has 0 unspecified atom stereocenters. The zero-order valence-electron chi connectivity index (χ0n) is 14.8. The lowest BCUT2D eigenvalue weighted by Crippen LogP contribution is -2.24. The minimum Gasteiger partial charge on any atom is -0.477 e. The van der Waals surface area contributed by atoms with Crippen molar-refractivity contribution in [3.05, 3.63) is 75.0 Å². The maximum atomic E-state index is 15.0. The van der Waals surface area contributed by atoms with Crippen molar-refractivity contribution < 1.29 is 14.3 Å². The fraction of sp³-hybridized carbons (Fsp3) is 0.273. The number of fused-ring (bicyclic) bond motifs is 1. The van der Waals surface area contributed by atoms with Crippen LogP contribution in [0, 0.1) is 12.7 Å². The summed E-state index contributed by atoms with van der Waals surface area (Å²) in [5.74, 6) is -1.65. The van der Waals surface area contributed by atoms with Gasteiger partial charge in [-0.3, -0.25) is 9.20 Å². The standard InChI is InChI=1S/C21H19FN2O3.CH4/c1-11-18(14-4-2-12(9-23)3-5-14)17(22)10-24-19(11)15(13-6-7-13)8-16(20(24)25)21(26)27;/h2-5,8,10,13H,6-7,9,23H2,1H3,(H,26,27);1H4. The summed E-state index contributed by atoms with van der Waals surface area (Å²) < 4.78 is 16.1. The van der Waals surface area contributed by atoms with Gasteiger partial charge in [0.25, 0.3) is 5.56 Å². The van der Waals surface area contributed by atoms with Gasteiger partial charge in [0.05, 0.1) is 5.52 Å². The second kappa shape index (κ2) is 7.20. The molecule has 0 aliphatic heterocycles. The minimum atomic E-state index is -1.30. The van der Waals surface area contributed by atoms with E-state index in [2.05, 4.69) is 0 Å². The Hall–Kier alpha value is -2.99. The molecular formula is C22H23FN2O3. The molecule has 1 fully saturated rings. The minimum absolute atomic E-state index is 0. The van der Waals surface area contributed by atoms with Crippen molar-refractivity contribution in [3.63, 3.8) is 0 Å². The lowest BCUT2D eigenvalue weighted by Gasteiger charge is -2.16. The highest BCUT2D eigenvalue weighted by atomic mass is 19.1. The molecule has 1 aromatic carbocycles. The fourth-order valence-corrected chi connectivity index (χ4v) is 3.67. The predicted octanol–water partition coefficient (Wildman–Crippen LogP) is 4.08. The van der Waals surface area contributed by atoms with Gasteiger partial charge >= 0.3 is 5.97 Å². The molecule has 0 bridgehead atoms. The number of aromatic nitrogens is 1. The van der Waals surface area contributed by atoms with Crippen molar-refractivity contribution >= 4 is 11.5 Å². The molecule has 3 N–H and O–H groups in total. The third-order valence-corrected chi connectivity index (χ3v) is 5.20. The normalized spacial score (nSPS) is 13.4. The molecule has 0 radical (unpaired) electrons. The van der Waals surface area contributed by atoms with Crippen LogP contribution in [-0.4, -0.2) is 15.5 Å². The Balaban J connectivity index is 0.00000225. The number of carboxylic acids is 1. The van der Waals surface area contributed by atoms with Gasteiger partial charge in [-0.05, 0) is 54.0 Å². The molecule has 1 aliphatic rings. The molecule has 28 heavy (non-hydrogen) atoms. The van der Waals surface area contributed by atoms with Crippen molar-refractivity contribution in [2.24, 2.45) is 5.73 Å². The first-order chi connectivity index (χ1) is 12.9. The number of carboxylic acid groups (broad SMARTS) is 1. The highest BCUT2D eigenvalue weighted by Crippen LogP contribution is 2.43. The Bertz CT molecular complexity index is 1130. The highest BCUT2D eigenvalue weighted by Gasteiger charge is 2.30. The number of aromatic carboxylic acids is 1. The topological polar surface area (TPSA) is 84.8 Å². The molecule has 1 saturated carbocycles. The lowest BCUT2D eigenvalue weighted by atomic mass is 9.95. The summed E-state index contributed by atoms with van der Waals surface area (Å²) in [6.07, 6.45) is 2.98. The number of nitrogens with two attached hydrogens (primary N) is 1. The van der Waals surface area contributed by atoms with E-state index in [9.17, 15) is 19.1 Å². The third-order valence-electron chi connectivity index (χ3n) is 5.20. The number of hydrogen-bond acceptors (Lipinski definition) is 3. The Labute approximate surface area is 162 Å². The molecule has 2 aromatic heterocycles. The number of rotatable bonds is 4. The van der Waals surface area contributed by atoms with Gasteiger partial charge in [-0.15, -0.1) is 0 Å². The molecule has 0 saturated heterocycles. The maximum absolute atomic E-state index is 15.0. The number of pyridine rings is 2. The van der Waals surface area contributed by atoms with Crippen molar-refractivity contribution in [3.8, 4) is 11.1 Å². The fourth-order valence-electron chi connectivity index (χ4n) is 3.67. The van der Waals surface area contributed by atoms with E-state index in [4.69, 9.17) is 5.73 Å². The Kier molecular flexibility index (Phi) is 5.08. The molecule has 4 rings (SSSR count). The Morgan fingerprint density at radius 1 is 1.29 bits per heavy atom. The van der Waals surface area contributed by atoms with Crippen LogP contribution in [-0.2, 0) is 6.54 Å². The van der Waals surface area contributed by atoms with Crippen LogP contribution >= 0.6 is 0 Å². The maximum Gasteiger partial charge on any atom is 0.341 e. The quantitative estimate of drug-likeness (QED) is 0.712. The van der Waals surface area contributed by atoms with Crippen LogP contribution in [0.3, 0.4) is 0 Å². The first-order valence-corrected chi connectivity index (χ1v) is 8.83. The van der Waals surface area contributed by atoms with Crippen molar-refractivity contribution in [1.82, 2.24) is 4.40 Å². The monoisotopic (exact) mass is 382 g/mol. The molecule has 6 heteroatoms. The van der Waals surface area contributed by atoms with Gasteiger partial charge in [0.2, 0.25) is 0 Å². The van der Waals surface area contributed by atoms with Gasteiger partial charge in [0, 0.05) is 18.3 Å². The van der Waals surface area contributed by atoms with Crippen LogP contribution in [0.15, 0.2) is 41.3 Å². The zero-order chi connectivity index (χ0) is 19.3. The number of aryl methyl sites for hydroxylation is 1. The van der Waals surface area contributed by atoms with Crippen LogP contribution in [0.25, 0.3) is 16.6 Å². The van der Waals surface area contributed by atoms with E-state index in [1.54, 1.807) is 6.92 Å². The van der Waals surface area contributed by atoms with E-state index in [1.165, 1.54) is 6.07 Å². The van der Waals surface area contributed by atoms with E-state index in [1.807, 2.05) is 24.3 Å². The first kappa shape index (κ1) is 19.8. The van der Waals surface area contributed by atoms with Crippen molar-refractivity contribution in [1.29, 1.82) is 0 Å². The molecule has 3 aromatic rings. The molecular weight excluding hydrogens is 359 g/mol. The van der Waals surface area contributed by atoms with Crippen LogP contribution in [0.4, 0.5) is 4.39 Å². The second-order valence-corrected chi connectivity index (χ2v) is 6.99. The summed E-state index contributed by atoms with van der Waals surface area (Å²) in [6.45, 7) is 2.18. The lowest BCUT2D eigenvalue weighted by molar-refractivity contribution is 0.0694. The summed E-state index contributed by atoms with van der Waals surface area (Å²) in [6, 6.07) is 8.78. The van der Waals surface area contributed by atoms with Gasteiger partial charge < -0.3 is 10.8 Å². The smallest absolute Gasteiger partial charge is 0.341 e. The number of halogens is 1. The summed E-state index contributed by atoms with van der Waals surface area (Å²) in [5, 5.41) is 9.36. The van der Waals surface area contributed by atoms with Gasteiger partial charge in [-0.25, -0.2) is 9.18 Å². The highest BCUT2D eigenvalue weighted by molar-refractivity contribution is 5.89. The summed E-state index contributed by atoms with van der Waals surface area (Å²) in [7, 11) is 0. The first-order valence-electron chi connectivity index (χ1n) is 8.83. The van der Waals surface area contributed by atoms with E-state index in [0.29, 0.717) is 28.8 Å². The average molecular weight is 382 g/mol. The number of hydrogen-bond donors (Lipinski definition) is 2. The molecule has 0 atom stereocenters. The van der Waals surface area contributed by atoms with Crippen LogP contribution in [0.5, 0.6) is 0 Å². The van der Waals surface area contributed by atoms with Gasteiger partial charge in [0.1, 0.15) is 11.4 Å². The molecule has 146 valence electrons. The van der Waals surface area contributed by atoms with Gasteiger partial charge in [0.15, 0.2) is 0 Å². The number of carbonyl (C=O) groups is 1. The van der Waals surface area contributed by atoms with Crippen molar-refractivity contribution in [2.45, 2.75) is 39.7 Å². The molecule has 2 heterocycles. The zero-order valence-corrected chi connectivity index (χ0v) is 14.8. The van der Waals surface area contributed by atoms with Gasteiger partial charge in [-0.1, -0.05) is 31.7 Å². The second-order valence-electron chi connectivity index (χ2n) is 6.99. The summed E-state index contributed by atoms with van der Waals surface area (Å²) in [5.41, 5.74) is 8.68. The van der Waals surface area contributed by atoms with Gasteiger partial charge in [-0.2, -0.15) is 0 Å². The molecule has 5 nitrogen and oxygen atoms in total. The third kappa shape index (κ3) is 3.10. The predicted molar refractivity (Wildman–Crippen MR) is 107 cm³/mol. The van der Waals surface area contributed by atoms with E-state index >= 15 is 0 Å². The number of benzene rings is 1. The van der Waals surface area contributed by atoms with Crippen LogP contribution in [0.1, 0.15) is 53.2 Å². The average Bonchev–Trinajstić information content (AvgIpc) is 3.48. The number of nitrogens with zero attached hydrogens (tertiary/aromatic N) is 1. The SMILES string of the molecule is C.Cc1c(-c2ccc(CN)cc2)c(F)cn2c(=O)c(C(=O)O)cc(C3CC3)c12. The van der Waals surface area contributed by atoms with Crippen LogP contribution < -0.4 is 11.3 Å². The largest absolute Gasteiger partial charge is 0.477 e. The molecule has 1 aliphatic carbocycles. The summed E-state index contributed by atoms with van der Waals surface area (Å²) >= 11 is 0. The molecule has 0 amide bonds. The Morgan fingerprint density at radius 2 is 1.93 bits per heavy atom.